The molecule has 0 aliphatic heterocycles. The molecule has 0 radical (unpaired) electrons. The fraction of sp³-hybridized carbons (Fsp3) is 1.00. The minimum Gasteiger partial charge on any atom is -0.314 e. The Labute approximate surface area is 92.6 Å². The first-order valence-electron chi connectivity index (χ1n) is 5.98. The summed E-state index contributed by atoms with van der Waals surface area (Å²) in [5, 5.41) is 3.43. The van der Waals surface area contributed by atoms with E-state index in [2.05, 4.69) is 5.32 Å². The highest BCUT2D eigenvalue weighted by atomic mass is 32.2. The standard InChI is InChI=1S/C11H21NO2S/c1-15(13,14)11-4-2-3-9(7-11)8-12-10-5-6-10/h9-12H,2-8H2,1H3. The van der Waals surface area contributed by atoms with Gasteiger partial charge in [-0.1, -0.05) is 6.42 Å². The molecular weight excluding hydrogens is 210 g/mol. The van der Waals surface area contributed by atoms with Crippen LogP contribution in [0.1, 0.15) is 38.5 Å². The molecule has 2 aliphatic rings. The van der Waals surface area contributed by atoms with Crippen molar-refractivity contribution in [3.8, 4) is 0 Å². The van der Waals surface area contributed by atoms with Crippen molar-refractivity contribution >= 4 is 9.84 Å². The van der Waals surface area contributed by atoms with Crippen molar-refractivity contribution in [2.24, 2.45) is 5.92 Å². The highest BCUT2D eigenvalue weighted by Gasteiger charge is 2.30. The molecule has 88 valence electrons. The van der Waals surface area contributed by atoms with Gasteiger partial charge in [-0.15, -0.1) is 0 Å². The number of hydrogen-bond acceptors (Lipinski definition) is 3. The van der Waals surface area contributed by atoms with Crippen molar-refractivity contribution < 1.29 is 8.42 Å². The van der Waals surface area contributed by atoms with Gasteiger partial charge < -0.3 is 5.32 Å². The predicted octanol–water partition coefficient (Wildman–Crippen LogP) is 1.34. The fourth-order valence-electron chi connectivity index (χ4n) is 2.44. The summed E-state index contributed by atoms with van der Waals surface area (Å²) in [6.45, 7) is 1.02. The van der Waals surface area contributed by atoms with Gasteiger partial charge in [-0.2, -0.15) is 0 Å². The monoisotopic (exact) mass is 231 g/mol. The van der Waals surface area contributed by atoms with E-state index in [0.29, 0.717) is 5.92 Å². The van der Waals surface area contributed by atoms with Crippen LogP contribution in [0.3, 0.4) is 0 Å². The summed E-state index contributed by atoms with van der Waals surface area (Å²) >= 11 is 0. The predicted molar refractivity (Wildman–Crippen MR) is 61.6 cm³/mol. The smallest absolute Gasteiger partial charge is 0.150 e. The lowest BCUT2D eigenvalue weighted by atomic mass is 9.89. The molecule has 2 fully saturated rings. The zero-order chi connectivity index (χ0) is 10.9. The van der Waals surface area contributed by atoms with Crippen LogP contribution in [0.25, 0.3) is 0 Å². The van der Waals surface area contributed by atoms with Gasteiger partial charge >= 0.3 is 0 Å². The van der Waals surface area contributed by atoms with Gasteiger partial charge in [0.2, 0.25) is 0 Å². The Kier molecular flexibility index (Phi) is 3.36. The summed E-state index contributed by atoms with van der Waals surface area (Å²) < 4.78 is 22.9. The fourth-order valence-corrected chi connectivity index (χ4v) is 3.65. The van der Waals surface area contributed by atoms with Crippen LogP contribution in [0.15, 0.2) is 0 Å². The molecule has 0 spiro atoms. The molecular formula is C11H21NO2S. The molecule has 0 aromatic heterocycles. The molecule has 2 saturated carbocycles. The normalized spacial score (nSPS) is 32.9. The van der Waals surface area contributed by atoms with E-state index in [1.165, 1.54) is 25.5 Å². The molecule has 2 aliphatic carbocycles. The Bertz CT molecular complexity index is 309. The van der Waals surface area contributed by atoms with Crippen molar-refractivity contribution in [1.82, 2.24) is 5.32 Å². The molecule has 1 N–H and O–H groups in total. The van der Waals surface area contributed by atoms with Crippen LogP contribution in [-0.4, -0.2) is 32.5 Å². The largest absolute Gasteiger partial charge is 0.314 e. The summed E-state index contributed by atoms with van der Waals surface area (Å²) in [5.74, 6) is 0.582. The van der Waals surface area contributed by atoms with Gasteiger partial charge in [0.15, 0.2) is 0 Å². The van der Waals surface area contributed by atoms with Crippen molar-refractivity contribution in [2.75, 3.05) is 12.8 Å². The van der Waals surface area contributed by atoms with E-state index in [1.54, 1.807) is 0 Å². The first-order valence-corrected chi connectivity index (χ1v) is 7.93. The van der Waals surface area contributed by atoms with Crippen LogP contribution in [0.5, 0.6) is 0 Å². The second-order valence-electron chi connectivity index (χ2n) is 5.17. The highest BCUT2D eigenvalue weighted by Crippen LogP contribution is 2.29. The molecule has 3 nitrogen and oxygen atoms in total. The zero-order valence-electron chi connectivity index (χ0n) is 9.41. The van der Waals surface area contributed by atoms with Gasteiger partial charge in [-0.05, 0) is 44.6 Å². The first kappa shape index (κ1) is 11.4. The van der Waals surface area contributed by atoms with Gasteiger partial charge in [0.25, 0.3) is 0 Å². The second-order valence-corrected chi connectivity index (χ2v) is 7.49. The molecule has 15 heavy (non-hydrogen) atoms. The Morgan fingerprint density at radius 2 is 1.93 bits per heavy atom. The molecule has 0 heterocycles. The van der Waals surface area contributed by atoms with Gasteiger partial charge in [0, 0.05) is 12.3 Å². The van der Waals surface area contributed by atoms with E-state index in [0.717, 1.165) is 31.8 Å². The SMILES string of the molecule is CS(=O)(=O)C1CCCC(CNC2CC2)C1. The molecule has 0 saturated heterocycles. The zero-order valence-corrected chi connectivity index (χ0v) is 10.2. The van der Waals surface area contributed by atoms with E-state index in [-0.39, 0.29) is 5.25 Å². The van der Waals surface area contributed by atoms with Gasteiger partial charge in [-0.3, -0.25) is 0 Å². The summed E-state index contributed by atoms with van der Waals surface area (Å²) in [6, 6.07) is 0.739. The lowest BCUT2D eigenvalue weighted by Crippen LogP contribution is -2.33. The topological polar surface area (TPSA) is 46.2 Å². The van der Waals surface area contributed by atoms with Crippen molar-refractivity contribution in [3.05, 3.63) is 0 Å². The molecule has 0 amide bonds. The minimum atomic E-state index is -2.81. The lowest BCUT2D eigenvalue weighted by molar-refractivity contribution is 0.341. The van der Waals surface area contributed by atoms with Crippen LogP contribution in [0.2, 0.25) is 0 Å². The third-order valence-electron chi connectivity index (χ3n) is 3.61. The maximum absolute atomic E-state index is 11.5. The van der Waals surface area contributed by atoms with E-state index >= 15 is 0 Å². The average molecular weight is 231 g/mol. The van der Waals surface area contributed by atoms with Crippen molar-refractivity contribution in [3.63, 3.8) is 0 Å². The number of sulfone groups is 1. The Morgan fingerprint density at radius 3 is 2.53 bits per heavy atom. The quantitative estimate of drug-likeness (QED) is 0.794. The molecule has 0 aromatic carbocycles. The first-order chi connectivity index (χ1) is 7.05. The Hall–Kier alpha value is -0.0900. The van der Waals surface area contributed by atoms with Gasteiger partial charge in [0.1, 0.15) is 9.84 Å². The molecule has 2 atom stereocenters. The number of rotatable bonds is 4. The maximum atomic E-state index is 11.5. The Balaban J connectivity index is 1.80. The summed E-state index contributed by atoms with van der Waals surface area (Å²) in [5.41, 5.74) is 0. The number of hydrogen-bond donors (Lipinski definition) is 1. The molecule has 2 unspecified atom stereocenters. The lowest BCUT2D eigenvalue weighted by Gasteiger charge is -2.28. The average Bonchev–Trinajstić information content (AvgIpc) is 2.97. The highest BCUT2D eigenvalue weighted by molar-refractivity contribution is 7.91. The van der Waals surface area contributed by atoms with E-state index in [9.17, 15) is 8.42 Å². The van der Waals surface area contributed by atoms with Crippen LogP contribution < -0.4 is 5.32 Å². The minimum absolute atomic E-state index is 0.0720. The summed E-state index contributed by atoms with van der Waals surface area (Å²) in [4.78, 5) is 0. The van der Waals surface area contributed by atoms with Crippen LogP contribution >= 0.6 is 0 Å². The van der Waals surface area contributed by atoms with E-state index in [1.807, 2.05) is 0 Å². The van der Waals surface area contributed by atoms with Crippen LogP contribution in [0, 0.1) is 5.92 Å². The molecule has 0 aromatic rings. The second kappa shape index (κ2) is 4.42. The number of nitrogens with one attached hydrogen (secondary N) is 1. The van der Waals surface area contributed by atoms with Crippen LogP contribution in [-0.2, 0) is 9.84 Å². The van der Waals surface area contributed by atoms with Crippen molar-refractivity contribution in [1.29, 1.82) is 0 Å². The molecule has 2 rings (SSSR count). The summed E-state index contributed by atoms with van der Waals surface area (Å²) in [6.07, 6.45) is 8.02. The third kappa shape index (κ3) is 3.45. The van der Waals surface area contributed by atoms with Gasteiger partial charge in [0.05, 0.1) is 5.25 Å². The van der Waals surface area contributed by atoms with Gasteiger partial charge in [-0.25, -0.2) is 8.42 Å². The summed E-state index contributed by atoms with van der Waals surface area (Å²) in [7, 11) is -2.81. The maximum Gasteiger partial charge on any atom is 0.150 e. The third-order valence-corrected chi connectivity index (χ3v) is 5.25. The van der Waals surface area contributed by atoms with E-state index in [4.69, 9.17) is 0 Å². The Morgan fingerprint density at radius 1 is 1.20 bits per heavy atom. The molecule has 0 bridgehead atoms. The van der Waals surface area contributed by atoms with E-state index < -0.39 is 9.84 Å². The van der Waals surface area contributed by atoms with Crippen LogP contribution in [0.4, 0.5) is 0 Å². The molecule has 4 heteroatoms. The van der Waals surface area contributed by atoms with Crippen molar-refractivity contribution in [2.45, 2.75) is 49.8 Å².